The molecule has 0 unspecified atom stereocenters. The third kappa shape index (κ3) is 8.81. The van der Waals surface area contributed by atoms with Crippen molar-refractivity contribution in [2.75, 3.05) is 11.5 Å². The lowest BCUT2D eigenvalue weighted by atomic mass is 9.95. The Morgan fingerprint density at radius 3 is 2.07 bits per heavy atom. The number of carbonyl (C=O) groups excluding carboxylic acids is 1. The minimum absolute atomic E-state index is 0.0703. The Balaban J connectivity index is 1.35. The number of halogens is 5. The van der Waals surface area contributed by atoms with Gasteiger partial charge in [0.05, 0.1) is 5.56 Å². The highest BCUT2D eigenvalue weighted by atomic mass is 19.4. The zero-order valence-electron chi connectivity index (χ0n) is 22.8. The Kier molecular flexibility index (Phi) is 9.38. The van der Waals surface area contributed by atoms with E-state index in [2.05, 4.69) is 6.92 Å². The molecule has 0 aliphatic rings. The molecule has 4 aromatic rings. The molecule has 4 aromatic carbocycles. The summed E-state index contributed by atoms with van der Waals surface area (Å²) in [6, 6.07) is 20.6. The quantitative estimate of drug-likeness (QED) is 0.0838. The van der Waals surface area contributed by atoms with Crippen molar-refractivity contribution in [2.24, 2.45) is 0 Å². The van der Waals surface area contributed by atoms with Gasteiger partial charge in [-0.15, -0.1) is 0 Å². The standard InChI is InChI=1S/C33H28F5N2O3/c1-21-18-26(39)9-13-29(21)30-14-10-27(40)19-24(30)20-42-31(41)15-6-22-2-7-25(8-3-22)33(37,38)43-28-11-4-23(5-12-28)16-17-32(34,35)36/h2-15,18-19H,1,16-17,20,39-40H2/b15-6+. The Morgan fingerprint density at radius 1 is 0.814 bits per heavy atom. The molecule has 0 aliphatic heterocycles. The van der Waals surface area contributed by atoms with Crippen LogP contribution >= 0.6 is 0 Å². The van der Waals surface area contributed by atoms with Gasteiger partial charge < -0.3 is 20.9 Å². The van der Waals surface area contributed by atoms with E-state index in [1.807, 2.05) is 12.1 Å². The van der Waals surface area contributed by atoms with E-state index in [1.165, 1.54) is 48.6 Å². The fourth-order valence-corrected chi connectivity index (χ4v) is 4.24. The fraction of sp³-hybridized carbons (Fsp3) is 0.152. The number of aryl methyl sites for hydroxylation is 1. The molecule has 1 radical (unpaired) electrons. The number of nitrogen functional groups attached to an aromatic ring is 2. The van der Waals surface area contributed by atoms with Gasteiger partial charge in [-0.05, 0) is 101 Å². The van der Waals surface area contributed by atoms with Crippen LogP contribution in [0.3, 0.4) is 0 Å². The number of hydrogen-bond donors (Lipinski definition) is 2. The molecule has 0 atom stereocenters. The van der Waals surface area contributed by atoms with Crippen LogP contribution in [0.5, 0.6) is 5.75 Å². The maximum Gasteiger partial charge on any atom is 0.426 e. The first-order valence-corrected chi connectivity index (χ1v) is 13.1. The van der Waals surface area contributed by atoms with Crippen molar-refractivity contribution < 1.29 is 36.2 Å². The van der Waals surface area contributed by atoms with Crippen LogP contribution in [0.2, 0.25) is 0 Å². The first kappa shape index (κ1) is 31.1. The number of anilines is 2. The molecular formula is C33H28F5N2O3. The third-order valence-electron chi connectivity index (χ3n) is 6.44. The molecule has 0 heterocycles. The molecule has 0 fully saturated rings. The van der Waals surface area contributed by atoms with Gasteiger partial charge in [0, 0.05) is 23.9 Å². The average molecular weight is 596 g/mol. The number of ether oxygens (including phenoxy) is 2. The number of esters is 1. The molecule has 0 amide bonds. The number of alkyl halides is 5. The zero-order valence-corrected chi connectivity index (χ0v) is 22.8. The van der Waals surface area contributed by atoms with Crippen LogP contribution < -0.4 is 16.2 Å². The molecule has 0 aromatic heterocycles. The van der Waals surface area contributed by atoms with E-state index < -0.39 is 30.2 Å². The van der Waals surface area contributed by atoms with E-state index in [0.29, 0.717) is 33.6 Å². The monoisotopic (exact) mass is 595 g/mol. The van der Waals surface area contributed by atoms with Crippen molar-refractivity contribution in [1.82, 2.24) is 0 Å². The number of hydrogen-bond acceptors (Lipinski definition) is 5. The van der Waals surface area contributed by atoms with E-state index in [4.69, 9.17) is 20.9 Å². The van der Waals surface area contributed by atoms with Crippen LogP contribution in [0, 0.1) is 6.92 Å². The second-order valence-electron chi connectivity index (χ2n) is 9.77. The summed E-state index contributed by atoms with van der Waals surface area (Å²) in [7, 11) is 0. The van der Waals surface area contributed by atoms with E-state index in [0.717, 1.165) is 23.3 Å². The number of carbonyl (C=O) groups is 1. The molecule has 4 rings (SSSR count). The Labute approximate surface area is 245 Å². The summed E-state index contributed by atoms with van der Waals surface area (Å²) < 4.78 is 76.7. The van der Waals surface area contributed by atoms with Gasteiger partial charge >= 0.3 is 18.3 Å². The Bertz CT molecular complexity index is 1600. The lowest BCUT2D eigenvalue weighted by molar-refractivity contribution is -0.185. The van der Waals surface area contributed by atoms with Gasteiger partial charge in [-0.25, -0.2) is 4.79 Å². The van der Waals surface area contributed by atoms with Gasteiger partial charge in [-0.2, -0.15) is 22.0 Å². The van der Waals surface area contributed by atoms with E-state index in [1.54, 1.807) is 24.3 Å². The summed E-state index contributed by atoms with van der Waals surface area (Å²) in [5.41, 5.74) is 16.2. The predicted octanol–water partition coefficient (Wildman–Crippen LogP) is 8.08. The van der Waals surface area contributed by atoms with Crippen molar-refractivity contribution in [3.05, 3.63) is 126 Å². The topological polar surface area (TPSA) is 87.6 Å². The van der Waals surface area contributed by atoms with Crippen molar-refractivity contribution in [2.45, 2.75) is 31.7 Å². The smallest absolute Gasteiger partial charge is 0.426 e. The number of benzene rings is 4. The summed E-state index contributed by atoms with van der Waals surface area (Å²) in [5.74, 6) is -0.851. The third-order valence-corrected chi connectivity index (χ3v) is 6.44. The van der Waals surface area contributed by atoms with Crippen LogP contribution in [-0.2, 0) is 28.7 Å². The van der Waals surface area contributed by atoms with Crippen LogP contribution in [0.4, 0.5) is 33.3 Å². The van der Waals surface area contributed by atoms with E-state index >= 15 is 0 Å². The van der Waals surface area contributed by atoms with Crippen molar-refractivity contribution in [1.29, 1.82) is 0 Å². The molecule has 223 valence electrons. The predicted molar refractivity (Wildman–Crippen MR) is 156 cm³/mol. The maximum absolute atomic E-state index is 14.7. The minimum Gasteiger partial charge on any atom is -0.458 e. The highest BCUT2D eigenvalue weighted by Crippen LogP contribution is 2.33. The van der Waals surface area contributed by atoms with Gasteiger partial charge in [-0.3, -0.25) is 0 Å². The van der Waals surface area contributed by atoms with Gasteiger partial charge in [0.1, 0.15) is 12.4 Å². The van der Waals surface area contributed by atoms with Gasteiger partial charge in [0.25, 0.3) is 0 Å². The normalized spacial score (nSPS) is 12.0. The lowest BCUT2D eigenvalue weighted by Crippen LogP contribution is -2.21. The summed E-state index contributed by atoms with van der Waals surface area (Å²) in [4.78, 5) is 12.4. The molecule has 4 N–H and O–H groups in total. The molecular weight excluding hydrogens is 567 g/mol. The molecule has 0 aliphatic carbocycles. The molecule has 0 saturated carbocycles. The average Bonchev–Trinajstić information content (AvgIpc) is 2.95. The van der Waals surface area contributed by atoms with Crippen molar-refractivity contribution in [3.63, 3.8) is 0 Å². The van der Waals surface area contributed by atoms with Crippen LogP contribution in [-0.4, -0.2) is 12.1 Å². The van der Waals surface area contributed by atoms with Crippen LogP contribution in [0.25, 0.3) is 17.2 Å². The van der Waals surface area contributed by atoms with E-state index in [9.17, 15) is 26.7 Å². The second-order valence-corrected chi connectivity index (χ2v) is 9.77. The van der Waals surface area contributed by atoms with Crippen molar-refractivity contribution >= 4 is 23.4 Å². The summed E-state index contributed by atoms with van der Waals surface area (Å²) >= 11 is 0. The second kappa shape index (κ2) is 13.0. The zero-order chi connectivity index (χ0) is 31.2. The van der Waals surface area contributed by atoms with Crippen LogP contribution in [0.15, 0.2) is 91.0 Å². The summed E-state index contributed by atoms with van der Waals surface area (Å²) in [6.45, 7) is 3.95. The maximum atomic E-state index is 14.7. The fourth-order valence-electron chi connectivity index (χ4n) is 4.24. The molecule has 0 bridgehead atoms. The van der Waals surface area contributed by atoms with Crippen molar-refractivity contribution in [3.8, 4) is 16.9 Å². The first-order chi connectivity index (χ1) is 20.3. The SMILES string of the molecule is [CH2]c1cc(N)ccc1-c1ccc(N)cc1COC(=O)/C=C/c1ccc(C(F)(F)Oc2ccc(CCC(F)(F)F)cc2)cc1. The number of rotatable bonds is 10. The summed E-state index contributed by atoms with van der Waals surface area (Å²) in [6.07, 6.45) is -6.69. The van der Waals surface area contributed by atoms with Gasteiger partial charge in [0.15, 0.2) is 0 Å². The van der Waals surface area contributed by atoms with Gasteiger partial charge in [0.2, 0.25) is 0 Å². The molecule has 0 saturated heterocycles. The minimum atomic E-state index is -4.30. The Morgan fingerprint density at radius 2 is 1.44 bits per heavy atom. The lowest BCUT2D eigenvalue weighted by Gasteiger charge is -2.18. The highest BCUT2D eigenvalue weighted by Gasteiger charge is 2.34. The van der Waals surface area contributed by atoms with Crippen LogP contribution in [0.1, 0.15) is 34.2 Å². The largest absolute Gasteiger partial charge is 0.458 e. The molecule has 5 nitrogen and oxygen atoms in total. The van der Waals surface area contributed by atoms with E-state index in [-0.39, 0.29) is 18.8 Å². The molecule has 0 spiro atoms. The Hall–Kier alpha value is -4.86. The van der Waals surface area contributed by atoms with Gasteiger partial charge in [-0.1, -0.05) is 36.4 Å². The first-order valence-electron chi connectivity index (χ1n) is 13.1. The highest BCUT2D eigenvalue weighted by molar-refractivity contribution is 5.87. The summed E-state index contributed by atoms with van der Waals surface area (Å²) in [5, 5.41) is 0. The number of nitrogens with two attached hydrogens (primary N) is 2. The molecule has 10 heteroatoms. The molecule has 43 heavy (non-hydrogen) atoms.